The summed E-state index contributed by atoms with van der Waals surface area (Å²) in [6.07, 6.45) is 1.83. The Bertz CT molecular complexity index is 831. The molecular formula is C14H9N3S. The molecule has 0 spiro atoms. The summed E-state index contributed by atoms with van der Waals surface area (Å²) < 4.78 is 2.03. The van der Waals surface area contributed by atoms with Gasteiger partial charge in [0.15, 0.2) is 5.65 Å². The van der Waals surface area contributed by atoms with Gasteiger partial charge in [-0.05, 0) is 23.6 Å². The van der Waals surface area contributed by atoms with Crippen molar-refractivity contribution in [1.29, 1.82) is 0 Å². The first-order valence-electron chi connectivity index (χ1n) is 5.67. The van der Waals surface area contributed by atoms with Crippen molar-refractivity contribution in [3.05, 3.63) is 53.5 Å². The summed E-state index contributed by atoms with van der Waals surface area (Å²) in [6.45, 7) is 0. The molecule has 3 aromatic heterocycles. The summed E-state index contributed by atoms with van der Waals surface area (Å²) in [5.41, 5.74) is 3.96. The number of benzene rings is 1. The third-order valence-corrected chi connectivity index (χ3v) is 3.68. The van der Waals surface area contributed by atoms with Crippen LogP contribution in [0.4, 0.5) is 0 Å². The largest absolute Gasteiger partial charge is 0.282 e. The van der Waals surface area contributed by atoms with Crippen LogP contribution in [0.2, 0.25) is 0 Å². The molecule has 0 N–H and O–H groups in total. The highest BCUT2D eigenvalue weighted by atomic mass is 32.1. The second-order valence-corrected chi connectivity index (χ2v) is 4.90. The molecule has 3 nitrogen and oxygen atoms in total. The zero-order chi connectivity index (χ0) is 11.9. The summed E-state index contributed by atoms with van der Waals surface area (Å²) in [6, 6.07) is 12.3. The third-order valence-electron chi connectivity index (χ3n) is 3.01. The summed E-state index contributed by atoms with van der Waals surface area (Å²) in [5.74, 6) is 0. The molecule has 4 heteroatoms. The van der Waals surface area contributed by atoms with Gasteiger partial charge in [0.25, 0.3) is 0 Å². The van der Waals surface area contributed by atoms with Crippen molar-refractivity contribution in [2.45, 2.75) is 0 Å². The van der Waals surface area contributed by atoms with Crippen LogP contribution in [0.3, 0.4) is 0 Å². The second kappa shape index (κ2) is 3.65. The smallest absolute Gasteiger partial charge is 0.165 e. The molecule has 0 saturated carbocycles. The lowest BCUT2D eigenvalue weighted by Crippen LogP contribution is -1.91. The van der Waals surface area contributed by atoms with Gasteiger partial charge >= 0.3 is 0 Å². The SMILES string of the molecule is c1ccc2nc3c(cc2c1)ncn3-c1ccsc1. The molecule has 3 heterocycles. The minimum absolute atomic E-state index is 0.909. The fourth-order valence-corrected chi connectivity index (χ4v) is 2.75. The number of imidazole rings is 1. The fourth-order valence-electron chi connectivity index (χ4n) is 2.12. The molecule has 0 unspecified atom stereocenters. The van der Waals surface area contributed by atoms with E-state index in [9.17, 15) is 0 Å². The highest BCUT2D eigenvalue weighted by Gasteiger charge is 2.07. The number of hydrogen-bond donors (Lipinski definition) is 0. The van der Waals surface area contributed by atoms with Crippen molar-refractivity contribution in [3.63, 3.8) is 0 Å². The molecule has 0 radical (unpaired) electrons. The van der Waals surface area contributed by atoms with Crippen LogP contribution in [0.5, 0.6) is 0 Å². The number of nitrogens with zero attached hydrogens (tertiary/aromatic N) is 3. The van der Waals surface area contributed by atoms with E-state index in [1.165, 1.54) is 0 Å². The number of hydrogen-bond acceptors (Lipinski definition) is 3. The minimum atomic E-state index is 0.909. The van der Waals surface area contributed by atoms with Crippen molar-refractivity contribution in [3.8, 4) is 5.69 Å². The van der Waals surface area contributed by atoms with Crippen LogP contribution in [0, 0.1) is 0 Å². The quantitative estimate of drug-likeness (QED) is 0.517. The van der Waals surface area contributed by atoms with Gasteiger partial charge < -0.3 is 0 Å². The number of aromatic nitrogens is 3. The number of para-hydroxylation sites is 1. The first-order valence-corrected chi connectivity index (χ1v) is 6.61. The maximum atomic E-state index is 4.70. The molecule has 0 bridgehead atoms. The van der Waals surface area contributed by atoms with Gasteiger partial charge in [-0.3, -0.25) is 4.57 Å². The molecule has 4 rings (SSSR count). The Morgan fingerprint density at radius 1 is 1.06 bits per heavy atom. The predicted molar refractivity (Wildman–Crippen MR) is 74.2 cm³/mol. The lowest BCUT2D eigenvalue weighted by Gasteiger charge is -2.01. The van der Waals surface area contributed by atoms with Gasteiger partial charge in [-0.15, -0.1) is 0 Å². The Balaban J connectivity index is 2.09. The molecule has 0 saturated heterocycles. The van der Waals surface area contributed by atoms with Crippen molar-refractivity contribution >= 4 is 33.4 Å². The Kier molecular flexibility index (Phi) is 1.98. The van der Waals surface area contributed by atoms with E-state index in [1.807, 2.05) is 29.1 Å². The van der Waals surface area contributed by atoms with Gasteiger partial charge in [0.1, 0.15) is 11.8 Å². The first kappa shape index (κ1) is 9.79. The molecule has 0 aliphatic carbocycles. The van der Waals surface area contributed by atoms with E-state index in [0.717, 1.165) is 27.8 Å². The highest BCUT2D eigenvalue weighted by Crippen LogP contribution is 2.22. The summed E-state index contributed by atoms with van der Waals surface area (Å²) >= 11 is 1.67. The van der Waals surface area contributed by atoms with Gasteiger partial charge in [-0.25, -0.2) is 9.97 Å². The van der Waals surface area contributed by atoms with Crippen molar-refractivity contribution in [1.82, 2.24) is 14.5 Å². The van der Waals surface area contributed by atoms with Gasteiger partial charge in [-0.2, -0.15) is 11.3 Å². The monoisotopic (exact) mass is 251 g/mol. The Labute approximate surface area is 107 Å². The maximum Gasteiger partial charge on any atom is 0.165 e. The van der Waals surface area contributed by atoms with Gasteiger partial charge in [0.05, 0.1) is 11.2 Å². The Hall–Kier alpha value is -2.20. The molecule has 0 fully saturated rings. The van der Waals surface area contributed by atoms with Gasteiger partial charge in [0.2, 0.25) is 0 Å². The van der Waals surface area contributed by atoms with Crippen molar-refractivity contribution < 1.29 is 0 Å². The van der Waals surface area contributed by atoms with E-state index >= 15 is 0 Å². The van der Waals surface area contributed by atoms with Crippen molar-refractivity contribution in [2.24, 2.45) is 0 Å². The standard InChI is InChI=1S/C14H9N3S/c1-2-4-12-10(3-1)7-13-14(16-12)17(9-15-13)11-5-6-18-8-11/h1-9H. The molecule has 0 aliphatic heterocycles. The average molecular weight is 251 g/mol. The zero-order valence-electron chi connectivity index (χ0n) is 9.45. The molecule has 4 aromatic rings. The van der Waals surface area contributed by atoms with E-state index < -0.39 is 0 Å². The number of thiophene rings is 1. The van der Waals surface area contributed by atoms with E-state index in [4.69, 9.17) is 4.98 Å². The van der Waals surface area contributed by atoms with Gasteiger partial charge in [-0.1, -0.05) is 18.2 Å². The third kappa shape index (κ3) is 1.36. The zero-order valence-corrected chi connectivity index (χ0v) is 10.3. The normalized spacial score (nSPS) is 11.3. The Morgan fingerprint density at radius 3 is 2.89 bits per heavy atom. The highest BCUT2D eigenvalue weighted by molar-refractivity contribution is 7.08. The van der Waals surface area contributed by atoms with E-state index in [-0.39, 0.29) is 0 Å². The lowest BCUT2D eigenvalue weighted by atomic mass is 10.2. The van der Waals surface area contributed by atoms with E-state index in [2.05, 4.69) is 33.9 Å². The molecule has 0 atom stereocenters. The number of pyridine rings is 1. The van der Waals surface area contributed by atoms with Crippen LogP contribution in [0.15, 0.2) is 53.5 Å². The first-order chi connectivity index (χ1) is 8.92. The van der Waals surface area contributed by atoms with Crippen LogP contribution < -0.4 is 0 Å². The molecule has 86 valence electrons. The summed E-state index contributed by atoms with van der Waals surface area (Å²) in [5, 5.41) is 5.28. The Morgan fingerprint density at radius 2 is 2.00 bits per heavy atom. The second-order valence-electron chi connectivity index (χ2n) is 4.12. The van der Waals surface area contributed by atoms with Gasteiger partial charge in [0, 0.05) is 10.8 Å². The molecule has 18 heavy (non-hydrogen) atoms. The maximum absolute atomic E-state index is 4.70. The van der Waals surface area contributed by atoms with Crippen LogP contribution in [-0.4, -0.2) is 14.5 Å². The molecule has 0 aliphatic rings. The van der Waals surface area contributed by atoms with Crippen LogP contribution in [0.25, 0.3) is 27.8 Å². The van der Waals surface area contributed by atoms with Crippen LogP contribution in [0.1, 0.15) is 0 Å². The summed E-state index contributed by atoms with van der Waals surface area (Å²) in [7, 11) is 0. The molecule has 1 aromatic carbocycles. The van der Waals surface area contributed by atoms with Crippen LogP contribution >= 0.6 is 11.3 Å². The van der Waals surface area contributed by atoms with Crippen molar-refractivity contribution in [2.75, 3.05) is 0 Å². The van der Waals surface area contributed by atoms with E-state index in [0.29, 0.717) is 0 Å². The minimum Gasteiger partial charge on any atom is -0.282 e. The number of fused-ring (bicyclic) bond motifs is 2. The predicted octanol–water partition coefficient (Wildman–Crippen LogP) is 3.64. The van der Waals surface area contributed by atoms with Crippen LogP contribution in [-0.2, 0) is 0 Å². The molecular weight excluding hydrogens is 242 g/mol. The van der Waals surface area contributed by atoms with E-state index in [1.54, 1.807) is 11.3 Å². The lowest BCUT2D eigenvalue weighted by molar-refractivity contribution is 1.08. The molecule has 0 amide bonds. The number of rotatable bonds is 1. The summed E-state index contributed by atoms with van der Waals surface area (Å²) in [4.78, 5) is 9.13. The fraction of sp³-hybridized carbons (Fsp3) is 0. The average Bonchev–Trinajstić information content (AvgIpc) is 3.04. The topological polar surface area (TPSA) is 30.7 Å².